The van der Waals surface area contributed by atoms with Crippen molar-refractivity contribution in [2.45, 2.75) is 57.1 Å². The minimum Gasteiger partial charge on any atom is -0.466 e. The Bertz CT molecular complexity index is 191. The molecule has 0 aromatic heterocycles. The Morgan fingerprint density at radius 1 is 1.38 bits per heavy atom. The second-order valence-corrected chi connectivity index (χ2v) is 6.94. The fourth-order valence-corrected chi connectivity index (χ4v) is 4.64. The molecule has 1 rings (SSSR count). The monoisotopic (exact) mass is 262 g/mol. The molecule has 1 aliphatic heterocycles. The first-order chi connectivity index (χ1) is 7.83. The maximum atomic E-state index is 11.3. The maximum Gasteiger partial charge on any atom is 0.305 e. The third-order valence-electron chi connectivity index (χ3n) is 2.65. The lowest BCUT2D eigenvalue weighted by Crippen LogP contribution is -2.06. The summed E-state index contributed by atoms with van der Waals surface area (Å²) in [7, 11) is 4.00. The number of carbonyl (C=O) groups excluding carboxylic acids is 1. The zero-order chi connectivity index (χ0) is 11.6. The largest absolute Gasteiger partial charge is 0.466 e. The number of carbonyl (C=O) groups is 1. The van der Waals surface area contributed by atoms with Gasteiger partial charge in [-0.2, -0.15) is 0 Å². The van der Waals surface area contributed by atoms with Crippen LogP contribution in [0.2, 0.25) is 0 Å². The van der Waals surface area contributed by atoms with Crippen molar-refractivity contribution in [2.24, 2.45) is 0 Å². The summed E-state index contributed by atoms with van der Waals surface area (Å²) in [5, 5.41) is 0.834. The molecule has 0 amide bonds. The topological polar surface area (TPSA) is 26.3 Å². The highest BCUT2D eigenvalue weighted by atomic mass is 33.1. The highest BCUT2D eigenvalue weighted by Crippen LogP contribution is 2.39. The van der Waals surface area contributed by atoms with E-state index < -0.39 is 0 Å². The lowest BCUT2D eigenvalue weighted by Gasteiger charge is -2.06. The Kier molecular flexibility index (Phi) is 8.21. The summed E-state index contributed by atoms with van der Waals surface area (Å²) in [5.41, 5.74) is 0. The molecule has 16 heavy (non-hydrogen) atoms. The molecule has 1 heterocycles. The number of hydrogen-bond acceptors (Lipinski definition) is 4. The molecular formula is C12H22O2S2. The van der Waals surface area contributed by atoms with Crippen molar-refractivity contribution >= 4 is 27.6 Å². The van der Waals surface area contributed by atoms with Crippen LogP contribution in [0.1, 0.15) is 51.9 Å². The van der Waals surface area contributed by atoms with Crippen LogP contribution >= 0.6 is 21.6 Å². The first-order valence-corrected chi connectivity index (χ1v) is 8.65. The molecule has 4 heteroatoms. The van der Waals surface area contributed by atoms with Crippen molar-refractivity contribution in [1.82, 2.24) is 0 Å². The fourth-order valence-electron chi connectivity index (χ4n) is 1.61. The fraction of sp³-hybridized carbons (Fsp3) is 0.917. The molecule has 0 radical (unpaired) electrons. The SMILES string of the molecule is CCCCOC(=O)CCCCC1CCSS1. The van der Waals surface area contributed by atoms with E-state index in [0.717, 1.165) is 24.5 Å². The summed E-state index contributed by atoms with van der Waals surface area (Å²) < 4.78 is 5.11. The van der Waals surface area contributed by atoms with Crippen molar-refractivity contribution in [1.29, 1.82) is 0 Å². The van der Waals surface area contributed by atoms with Crippen LogP contribution in [-0.4, -0.2) is 23.6 Å². The summed E-state index contributed by atoms with van der Waals surface area (Å²) in [4.78, 5) is 11.3. The molecule has 0 aromatic carbocycles. The molecule has 1 saturated heterocycles. The Balaban J connectivity index is 1.87. The van der Waals surface area contributed by atoms with Crippen molar-refractivity contribution < 1.29 is 9.53 Å². The minimum absolute atomic E-state index is 0.0121. The third kappa shape index (κ3) is 6.69. The normalized spacial score (nSPS) is 19.9. The molecule has 0 bridgehead atoms. The van der Waals surface area contributed by atoms with E-state index in [1.807, 2.05) is 21.6 Å². The van der Waals surface area contributed by atoms with Crippen LogP contribution in [0.4, 0.5) is 0 Å². The molecule has 2 nitrogen and oxygen atoms in total. The first kappa shape index (κ1) is 14.2. The number of hydrogen-bond donors (Lipinski definition) is 0. The van der Waals surface area contributed by atoms with E-state index in [2.05, 4.69) is 6.92 Å². The van der Waals surface area contributed by atoms with E-state index in [9.17, 15) is 4.79 Å². The maximum absolute atomic E-state index is 11.3. The number of esters is 1. The van der Waals surface area contributed by atoms with Crippen LogP contribution in [0, 0.1) is 0 Å². The molecule has 1 atom stereocenters. The van der Waals surface area contributed by atoms with Gasteiger partial charge < -0.3 is 4.74 Å². The van der Waals surface area contributed by atoms with Gasteiger partial charge in [0, 0.05) is 17.4 Å². The van der Waals surface area contributed by atoms with Gasteiger partial charge in [-0.05, 0) is 25.7 Å². The average molecular weight is 262 g/mol. The van der Waals surface area contributed by atoms with Gasteiger partial charge in [-0.15, -0.1) is 0 Å². The van der Waals surface area contributed by atoms with Crippen LogP contribution in [0.25, 0.3) is 0 Å². The number of unbranched alkanes of at least 4 members (excludes halogenated alkanes) is 2. The Morgan fingerprint density at radius 2 is 2.25 bits per heavy atom. The smallest absolute Gasteiger partial charge is 0.305 e. The van der Waals surface area contributed by atoms with E-state index in [1.165, 1.54) is 25.0 Å². The summed E-state index contributed by atoms with van der Waals surface area (Å²) in [6.07, 6.45) is 7.45. The third-order valence-corrected chi connectivity index (χ3v) is 5.65. The molecule has 0 saturated carbocycles. The van der Waals surface area contributed by atoms with Crippen molar-refractivity contribution in [2.75, 3.05) is 12.4 Å². The Labute approximate surface area is 107 Å². The van der Waals surface area contributed by atoms with Crippen molar-refractivity contribution in [3.8, 4) is 0 Å². The van der Waals surface area contributed by atoms with Gasteiger partial charge in [0.1, 0.15) is 0 Å². The second kappa shape index (κ2) is 9.23. The van der Waals surface area contributed by atoms with Crippen LogP contribution in [0.5, 0.6) is 0 Å². The van der Waals surface area contributed by atoms with Gasteiger partial charge in [0.25, 0.3) is 0 Å². The van der Waals surface area contributed by atoms with E-state index in [4.69, 9.17) is 4.74 Å². The number of ether oxygens (including phenoxy) is 1. The predicted molar refractivity (Wildman–Crippen MR) is 72.8 cm³/mol. The quantitative estimate of drug-likeness (QED) is 0.374. The van der Waals surface area contributed by atoms with Gasteiger partial charge in [-0.25, -0.2) is 0 Å². The summed E-state index contributed by atoms with van der Waals surface area (Å²) in [6, 6.07) is 0. The molecule has 1 aliphatic rings. The second-order valence-electron chi connectivity index (χ2n) is 4.15. The average Bonchev–Trinajstić information content (AvgIpc) is 2.78. The van der Waals surface area contributed by atoms with Gasteiger partial charge in [0.2, 0.25) is 0 Å². The highest BCUT2D eigenvalue weighted by molar-refractivity contribution is 8.77. The van der Waals surface area contributed by atoms with Crippen LogP contribution in [0.3, 0.4) is 0 Å². The van der Waals surface area contributed by atoms with Crippen LogP contribution in [-0.2, 0) is 9.53 Å². The molecule has 0 aliphatic carbocycles. The number of rotatable bonds is 8. The molecule has 1 fully saturated rings. The lowest BCUT2D eigenvalue weighted by molar-refractivity contribution is -0.143. The molecular weight excluding hydrogens is 240 g/mol. The minimum atomic E-state index is -0.0121. The lowest BCUT2D eigenvalue weighted by atomic mass is 10.1. The predicted octanol–water partition coefficient (Wildman–Crippen LogP) is 4.04. The molecule has 0 aromatic rings. The Hall–Kier alpha value is 0.170. The molecule has 94 valence electrons. The highest BCUT2D eigenvalue weighted by Gasteiger charge is 2.15. The molecule has 1 unspecified atom stereocenters. The summed E-state index contributed by atoms with van der Waals surface area (Å²) in [5.74, 6) is 1.29. The molecule has 0 N–H and O–H groups in total. The van der Waals surface area contributed by atoms with Crippen molar-refractivity contribution in [3.05, 3.63) is 0 Å². The zero-order valence-corrected chi connectivity index (χ0v) is 11.7. The van der Waals surface area contributed by atoms with Gasteiger partial charge >= 0.3 is 5.97 Å². The van der Waals surface area contributed by atoms with Gasteiger partial charge in [0.05, 0.1) is 6.61 Å². The zero-order valence-electron chi connectivity index (χ0n) is 10.1. The Morgan fingerprint density at radius 3 is 2.94 bits per heavy atom. The van der Waals surface area contributed by atoms with E-state index >= 15 is 0 Å². The molecule has 0 spiro atoms. The van der Waals surface area contributed by atoms with E-state index in [1.54, 1.807) is 0 Å². The summed E-state index contributed by atoms with van der Waals surface area (Å²) >= 11 is 0. The van der Waals surface area contributed by atoms with Gasteiger partial charge in [-0.3, -0.25) is 4.79 Å². The first-order valence-electron chi connectivity index (χ1n) is 6.27. The van der Waals surface area contributed by atoms with E-state index in [0.29, 0.717) is 13.0 Å². The van der Waals surface area contributed by atoms with E-state index in [-0.39, 0.29) is 5.97 Å². The van der Waals surface area contributed by atoms with Crippen molar-refractivity contribution in [3.63, 3.8) is 0 Å². The van der Waals surface area contributed by atoms with Crippen LogP contribution < -0.4 is 0 Å². The standard InChI is InChI=1S/C12H22O2S2/c1-2-3-9-14-12(13)7-5-4-6-11-8-10-15-16-11/h11H,2-10H2,1H3. The van der Waals surface area contributed by atoms with Crippen LogP contribution in [0.15, 0.2) is 0 Å². The van der Waals surface area contributed by atoms with Gasteiger partial charge in [-0.1, -0.05) is 41.4 Å². The summed E-state index contributed by atoms with van der Waals surface area (Å²) in [6.45, 7) is 2.70. The van der Waals surface area contributed by atoms with Gasteiger partial charge in [0.15, 0.2) is 0 Å².